The Morgan fingerprint density at radius 2 is 2.08 bits per heavy atom. The third-order valence-electron chi connectivity index (χ3n) is 3.82. The molecule has 2 nitrogen and oxygen atoms in total. The van der Waals surface area contributed by atoms with E-state index < -0.39 is 0 Å². The van der Waals surface area contributed by atoms with Crippen LogP contribution in [0.3, 0.4) is 0 Å². The largest absolute Gasteiger partial charge is 0.314 e. The van der Waals surface area contributed by atoms with Crippen LogP contribution >= 0.6 is 0 Å². The molecule has 3 unspecified atom stereocenters. The second-order valence-electron chi connectivity index (χ2n) is 4.84. The average Bonchev–Trinajstić information content (AvgIpc) is 2.53. The molecule has 0 aliphatic carbocycles. The molecule has 3 atom stereocenters. The van der Waals surface area contributed by atoms with Gasteiger partial charge in [0.15, 0.2) is 0 Å². The average molecular weight is 182 g/mol. The zero-order valence-corrected chi connectivity index (χ0v) is 8.92. The molecule has 2 aliphatic rings. The van der Waals surface area contributed by atoms with Gasteiger partial charge >= 0.3 is 0 Å². The molecule has 76 valence electrons. The third kappa shape index (κ3) is 2.05. The van der Waals surface area contributed by atoms with Crippen molar-refractivity contribution in [1.29, 1.82) is 0 Å². The van der Waals surface area contributed by atoms with Crippen LogP contribution in [0, 0.1) is 5.92 Å². The second-order valence-corrected chi connectivity index (χ2v) is 4.84. The van der Waals surface area contributed by atoms with Crippen LogP contribution in [0.25, 0.3) is 0 Å². The van der Waals surface area contributed by atoms with E-state index in [9.17, 15) is 0 Å². The van der Waals surface area contributed by atoms with E-state index in [0.29, 0.717) is 0 Å². The summed E-state index contributed by atoms with van der Waals surface area (Å²) in [6.07, 6.45) is 5.64. The molecule has 0 saturated carbocycles. The predicted octanol–water partition coefficient (Wildman–Crippen LogP) is 1.47. The topological polar surface area (TPSA) is 15.3 Å². The molecule has 2 aliphatic heterocycles. The maximum atomic E-state index is 3.60. The van der Waals surface area contributed by atoms with Gasteiger partial charge in [0.1, 0.15) is 0 Å². The van der Waals surface area contributed by atoms with E-state index in [1.807, 2.05) is 0 Å². The molecule has 2 fully saturated rings. The smallest absolute Gasteiger partial charge is 0.0133 e. The highest BCUT2D eigenvalue weighted by Crippen LogP contribution is 2.27. The van der Waals surface area contributed by atoms with E-state index in [2.05, 4.69) is 24.2 Å². The van der Waals surface area contributed by atoms with Gasteiger partial charge in [0, 0.05) is 12.1 Å². The van der Waals surface area contributed by atoms with Gasteiger partial charge in [-0.15, -0.1) is 0 Å². The molecule has 2 heteroatoms. The van der Waals surface area contributed by atoms with E-state index in [0.717, 1.165) is 18.0 Å². The summed E-state index contributed by atoms with van der Waals surface area (Å²) in [6, 6.07) is 1.63. The maximum absolute atomic E-state index is 3.60. The quantitative estimate of drug-likeness (QED) is 0.660. The summed E-state index contributed by atoms with van der Waals surface area (Å²) >= 11 is 0. The van der Waals surface area contributed by atoms with Crippen LogP contribution in [0.2, 0.25) is 0 Å². The van der Waals surface area contributed by atoms with E-state index in [1.165, 1.54) is 38.8 Å². The van der Waals surface area contributed by atoms with Gasteiger partial charge in [-0.3, -0.25) is 0 Å². The maximum Gasteiger partial charge on any atom is 0.0133 e. The van der Waals surface area contributed by atoms with Crippen LogP contribution in [0.5, 0.6) is 0 Å². The zero-order chi connectivity index (χ0) is 9.26. The Bertz CT molecular complexity index is 161. The molecule has 1 N–H and O–H groups in total. The van der Waals surface area contributed by atoms with Gasteiger partial charge < -0.3 is 10.2 Å². The van der Waals surface area contributed by atoms with E-state index in [1.54, 1.807) is 0 Å². The number of likely N-dealkylation sites (tertiary alicyclic amines) is 1. The van der Waals surface area contributed by atoms with Crippen LogP contribution < -0.4 is 5.32 Å². The monoisotopic (exact) mass is 182 g/mol. The number of hydrogen-bond acceptors (Lipinski definition) is 2. The lowest BCUT2D eigenvalue weighted by Crippen LogP contribution is -2.44. The third-order valence-corrected chi connectivity index (χ3v) is 3.82. The summed E-state index contributed by atoms with van der Waals surface area (Å²) in [6.45, 7) is 4.86. The van der Waals surface area contributed by atoms with Gasteiger partial charge in [0.05, 0.1) is 0 Å². The fourth-order valence-corrected chi connectivity index (χ4v) is 2.88. The molecule has 13 heavy (non-hydrogen) atoms. The van der Waals surface area contributed by atoms with E-state index >= 15 is 0 Å². The van der Waals surface area contributed by atoms with Gasteiger partial charge in [0.25, 0.3) is 0 Å². The number of nitrogens with zero attached hydrogens (tertiary/aromatic N) is 1. The fourth-order valence-electron chi connectivity index (χ4n) is 2.88. The first kappa shape index (κ1) is 9.47. The summed E-state index contributed by atoms with van der Waals surface area (Å²) in [4.78, 5) is 2.56. The number of hydrogen-bond donors (Lipinski definition) is 1. The molecule has 0 amide bonds. The lowest BCUT2D eigenvalue weighted by Gasteiger charge is -2.34. The van der Waals surface area contributed by atoms with Crippen LogP contribution in [-0.2, 0) is 0 Å². The van der Waals surface area contributed by atoms with Gasteiger partial charge in [-0.1, -0.05) is 0 Å². The molecule has 2 saturated heterocycles. The van der Waals surface area contributed by atoms with Crippen molar-refractivity contribution in [2.75, 3.05) is 20.1 Å². The van der Waals surface area contributed by atoms with E-state index in [-0.39, 0.29) is 0 Å². The molecule has 0 aromatic carbocycles. The van der Waals surface area contributed by atoms with E-state index in [4.69, 9.17) is 0 Å². The van der Waals surface area contributed by atoms with Crippen molar-refractivity contribution < 1.29 is 0 Å². The minimum Gasteiger partial charge on any atom is -0.314 e. The molecule has 0 aromatic rings. The SMILES string of the molecule is CC1CCC(C2CCCN2C)CN1. The molecule has 2 heterocycles. The molecule has 0 spiro atoms. The summed E-state index contributed by atoms with van der Waals surface area (Å²) in [5.41, 5.74) is 0. The predicted molar refractivity (Wildman–Crippen MR) is 55.8 cm³/mol. The first-order valence-electron chi connectivity index (χ1n) is 5.71. The summed E-state index contributed by atoms with van der Waals surface area (Å²) < 4.78 is 0. The molecule has 0 aromatic heterocycles. The highest BCUT2D eigenvalue weighted by atomic mass is 15.2. The van der Waals surface area contributed by atoms with Crippen molar-refractivity contribution in [3.8, 4) is 0 Å². The minimum absolute atomic E-state index is 0.753. The Labute approximate surface area is 81.7 Å². The molecule has 0 bridgehead atoms. The van der Waals surface area contributed by atoms with Crippen molar-refractivity contribution in [1.82, 2.24) is 10.2 Å². The number of piperidine rings is 1. The van der Waals surface area contributed by atoms with Crippen LogP contribution in [0.15, 0.2) is 0 Å². The first-order valence-corrected chi connectivity index (χ1v) is 5.71. The Morgan fingerprint density at radius 3 is 2.62 bits per heavy atom. The first-order chi connectivity index (χ1) is 6.27. The molecule has 0 radical (unpaired) electrons. The van der Waals surface area contributed by atoms with Gasteiger partial charge in [-0.25, -0.2) is 0 Å². The Hall–Kier alpha value is -0.0800. The second kappa shape index (κ2) is 3.97. The number of nitrogens with one attached hydrogen (secondary N) is 1. The van der Waals surface area contributed by atoms with Gasteiger partial charge in [-0.2, -0.15) is 0 Å². The highest BCUT2D eigenvalue weighted by molar-refractivity contribution is 4.87. The lowest BCUT2D eigenvalue weighted by atomic mass is 9.88. The van der Waals surface area contributed by atoms with Crippen LogP contribution in [-0.4, -0.2) is 37.1 Å². The van der Waals surface area contributed by atoms with Crippen LogP contribution in [0.1, 0.15) is 32.6 Å². The zero-order valence-electron chi connectivity index (χ0n) is 8.92. The van der Waals surface area contributed by atoms with Crippen molar-refractivity contribution >= 4 is 0 Å². The van der Waals surface area contributed by atoms with Crippen molar-refractivity contribution in [2.24, 2.45) is 5.92 Å². The Balaban J connectivity index is 1.86. The fraction of sp³-hybridized carbons (Fsp3) is 1.00. The summed E-state index contributed by atoms with van der Waals surface area (Å²) in [5, 5.41) is 3.60. The van der Waals surface area contributed by atoms with Crippen molar-refractivity contribution in [3.63, 3.8) is 0 Å². The van der Waals surface area contributed by atoms with Gasteiger partial charge in [0.2, 0.25) is 0 Å². The number of rotatable bonds is 1. The highest BCUT2D eigenvalue weighted by Gasteiger charge is 2.31. The standard InChI is InChI=1S/C11H22N2/c1-9-5-6-10(8-12-9)11-4-3-7-13(11)2/h9-12H,3-8H2,1-2H3. The lowest BCUT2D eigenvalue weighted by molar-refractivity contribution is 0.181. The van der Waals surface area contributed by atoms with Crippen LogP contribution in [0.4, 0.5) is 0 Å². The molecular weight excluding hydrogens is 160 g/mol. The Kier molecular flexibility index (Phi) is 2.89. The molecule has 2 rings (SSSR count). The van der Waals surface area contributed by atoms with Crippen molar-refractivity contribution in [3.05, 3.63) is 0 Å². The molecular formula is C11H22N2. The minimum atomic E-state index is 0.753. The Morgan fingerprint density at radius 1 is 1.23 bits per heavy atom. The summed E-state index contributed by atoms with van der Waals surface area (Å²) in [7, 11) is 2.29. The van der Waals surface area contributed by atoms with Crippen molar-refractivity contribution in [2.45, 2.75) is 44.7 Å². The van der Waals surface area contributed by atoms with Gasteiger partial charge in [-0.05, 0) is 58.7 Å². The summed E-state index contributed by atoms with van der Waals surface area (Å²) in [5.74, 6) is 0.920. The normalized spacial score (nSPS) is 42.5.